The maximum atomic E-state index is 6.28. The molecule has 1 atom stereocenters. The van der Waals surface area contributed by atoms with Gasteiger partial charge >= 0.3 is 0 Å². The van der Waals surface area contributed by atoms with Gasteiger partial charge in [0.25, 0.3) is 0 Å². The SMILES string of the molecule is CCCn1cncc1Cn1cc2c(c1)C(N)CCCC2. The largest absolute Gasteiger partial charge is 0.348 e. The molecule has 4 heteroatoms. The monoisotopic (exact) mass is 272 g/mol. The van der Waals surface area contributed by atoms with Gasteiger partial charge in [-0.05, 0) is 36.8 Å². The molecule has 2 heterocycles. The second kappa shape index (κ2) is 5.83. The van der Waals surface area contributed by atoms with Crippen LogP contribution in [0.3, 0.4) is 0 Å². The van der Waals surface area contributed by atoms with Crippen molar-refractivity contribution in [2.75, 3.05) is 0 Å². The molecule has 1 unspecified atom stereocenters. The number of aromatic nitrogens is 3. The van der Waals surface area contributed by atoms with Crippen LogP contribution in [0.2, 0.25) is 0 Å². The quantitative estimate of drug-likeness (QED) is 0.870. The molecule has 1 aliphatic carbocycles. The maximum absolute atomic E-state index is 6.28. The Labute approximate surface area is 120 Å². The van der Waals surface area contributed by atoms with E-state index in [1.165, 1.54) is 36.1 Å². The molecule has 0 bridgehead atoms. The van der Waals surface area contributed by atoms with E-state index in [1.54, 1.807) is 0 Å². The summed E-state index contributed by atoms with van der Waals surface area (Å²) in [6.07, 6.45) is 14.4. The van der Waals surface area contributed by atoms with Crippen molar-refractivity contribution in [3.63, 3.8) is 0 Å². The molecular weight excluding hydrogens is 248 g/mol. The van der Waals surface area contributed by atoms with Crippen molar-refractivity contribution in [1.82, 2.24) is 14.1 Å². The third kappa shape index (κ3) is 2.66. The van der Waals surface area contributed by atoms with Gasteiger partial charge in [0.15, 0.2) is 0 Å². The number of nitrogens with two attached hydrogens (primary N) is 1. The van der Waals surface area contributed by atoms with Crippen LogP contribution in [-0.2, 0) is 19.5 Å². The topological polar surface area (TPSA) is 48.8 Å². The Balaban J connectivity index is 1.81. The van der Waals surface area contributed by atoms with Crippen molar-refractivity contribution in [1.29, 1.82) is 0 Å². The van der Waals surface area contributed by atoms with E-state index in [4.69, 9.17) is 5.73 Å². The van der Waals surface area contributed by atoms with E-state index in [2.05, 4.69) is 33.4 Å². The summed E-state index contributed by atoms with van der Waals surface area (Å²) >= 11 is 0. The van der Waals surface area contributed by atoms with E-state index in [0.29, 0.717) is 0 Å². The van der Waals surface area contributed by atoms with Crippen molar-refractivity contribution in [2.45, 2.75) is 58.2 Å². The number of fused-ring (bicyclic) bond motifs is 1. The lowest BCUT2D eigenvalue weighted by Gasteiger charge is -2.09. The first-order valence-electron chi connectivity index (χ1n) is 7.71. The zero-order chi connectivity index (χ0) is 13.9. The highest BCUT2D eigenvalue weighted by atomic mass is 15.1. The summed E-state index contributed by atoms with van der Waals surface area (Å²) in [4.78, 5) is 4.27. The number of imidazole rings is 1. The standard InChI is InChI=1S/C16H24N4/c1-2-7-20-12-18-8-14(20)10-19-9-13-5-3-4-6-16(17)15(13)11-19/h8-9,11-12,16H,2-7,10,17H2,1H3. The molecule has 0 radical (unpaired) electrons. The van der Waals surface area contributed by atoms with Crippen molar-refractivity contribution < 1.29 is 0 Å². The Kier molecular flexibility index (Phi) is 3.92. The van der Waals surface area contributed by atoms with Gasteiger partial charge in [-0.15, -0.1) is 0 Å². The third-order valence-electron chi connectivity index (χ3n) is 4.22. The lowest BCUT2D eigenvalue weighted by molar-refractivity contribution is 0.603. The Hall–Kier alpha value is -1.55. The van der Waals surface area contributed by atoms with Crippen LogP contribution in [0.4, 0.5) is 0 Å². The highest BCUT2D eigenvalue weighted by Gasteiger charge is 2.17. The molecule has 0 saturated carbocycles. The van der Waals surface area contributed by atoms with Crippen molar-refractivity contribution in [2.24, 2.45) is 5.73 Å². The smallest absolute Gasteiger partial charge is 0.0948 e. The van der Waals surface area contributed by atoms with E-state index in [0.717, 1.165) is 25.9 Å². The summed E-state index contributed by atoms with van der Waals surface area (Å²) in [5.74, 6) is 0. The summed E-state index contributed by atoms with van der Waals surface area (Å²) in [6, 6.07) is 0.217. The van der Waals surface area contributed by atoms with Crippen LogP contribution in [0.1, 0.15) is 55.5 Å². The van der Waals surface area contributed by atoms with E-state index >= 15 is 0 Å². The van der Waals surface area contributed by atoms with Gasteiger partial charge in [-0.3, -0.25) is 0 Å². The Morgan fingerprint density at radius 2 is 2.25 bits per heavy atom. The van der Waals surface area contributed by atoms with Crippen LogP contribution in [0.15, 0.2) is 24.9 Å². The molecule has 108 valence electrons. The molecule has 0 saturated heterocycles. The van der Waals surface area contributed by atoms with E-state index in [9.17, 15) is 0 Å². The van der Waals surface area contributed by atoms with Gasteiger partial charge in [0.05, 0.1) is 18.6 Å². The van der Waals surface area contributed by atoms with Gasteiger partial charge in [-0.25, -0.2) is 4.98 Å². The Bertz CT molecular complexity index is 567. The number of aryl methyl sites for hydroxylation is 2. The lowest BCUT2D eigenvalue weighted by Crippen LogP contribution is -2.09. The summed E-state index contributed by atoms with van der Waals surface area (Å²) in [6.45, 7) is 4.12. The first-order chi connectivity index (χ1) is 9.78. The average Bonchev–Trinajstić information content (AvgIpc) is 2.99. The average molecular weight is 272 g/mol. The fourth-order valence-electron chi connectivity index (χ4n) is 3.15. The first-order valence-corrected chi connectivity index (χ1v) is 7.71. The first kappa shape index (κ1) is 13.4. The minimum atomic E-state index is 0.217. The predicted octanol–water partition coefficient (Wildman–Crippen LogP) is 2.87. The predicted molar refractivity (Wildman–Crippen MR) is 80.5 cm³/mol. The van der Waals surface area contributed by atoms with Gasteiger partial charge in [0.2, 0.25) is 0 Å². The second-order valence-electron chi connectivity index (χ2n) is 5.84. The number of nitrogens with zero attached hydrogens (tertiary/aromatic N) is 3. The maximum Gasteiger partial charge on any atom is 0.0948 e. The molecule has 3 rings (SSSR count). The summed E-state index contributed by atoms with van der Waals surface area (Å²) in [5.41, 5.74) is 10.3. The third-order valence-corrected chi connectivity index (χ3v) is 4.22. The van der Waals surface area contributed by atoms with Gasteiger partial charge in [-0.1, -0.05) is 13.3 Å². The zero-order valence-electron chi connectivity index (χ0n) is 12.3. The second-order valence-corrected chi connectivity index (χ2v) is 5.84. The summed E-state index contributed by atoms with van der Waals surface area (Å²) in [7, 11) is 0. The highest BCUT2D eigenvalue weighted by Crippen LogP contribution is 2.27. The van der Waals surface area contributed by atoms with E-state index in [-0.39, 0.29) is 6.04 Å². The molecule has 0 aromatic carbocycles. The van der Waals surface area contributed by atoms with E-state index < -0.39 is 0 Å². The van der Waals surface area contributed by atoms with Crippen LogP contribution in [0, 0.1) is 0 Å². The van der Waals surface area contributed by atoms with Crippen molar-refractivity contribution in [3.8, 4) is 0 Å². The molecular formula is C16H24N4. The van der Waals surface area contributed by atoms with Crippen molar-refractivity contribution in [3.05, 3.63) is 41.7 Å². The number of hydrogen-bond donors (Lipinski definition) is 1. The normalized spacial score (nSPS) is 18.8. The van der Waals surface area contributed by atoms with Gasteiger partial charge < -0.3 is 14.9 Å². The van der Waals surface area contributed by atoms with Gasteiger partial charge in [0.1, 0.15) is 0 Å². The molecule has 2 N–H and O–H groups in total. The molecule has 1 aliphatic rings. The molecule has 4 nitrogen and oxygen atoms in total. The Morgan fingerprint density at radius 3 is 3.10 bits per heavy atom. The Morgan fingerprint density at radius 1 is 1.35 bits per heavy atom. The number of hydrogen-bond acceptors (Lipinski definition) is 2. The highest BCUT2D eigenvalue weighted by molar-refractivity contribution is 5.29. The summed E-state index contributed by atoms with van der Waals surface area (Å²) in [5, 5.41) is 0. The van der Waals surface area contributed by atoms with Crippen LogP contribution in [0.5, 0.6) is 0 Å². The molecule has 2 aromatic heterocycles. The molecule has 0 amide bonds. The van der Waals surface area contributed by atoms with Crippen LogP contribution < -0.4 is 5.73 Å². The minimum Gasteiger partial charge on any atom is -0.348 e. The fourth-order valence-corrected chi connectivity index (χ4v) is 3.15. The van der Waals surface area contributed by atoms with Crippen LogP contribution >= 0.6 is 0 Å². The molecule has 2 aromatic rings. The molecule has 20 heavy (non-hydrogen) atoms. The van der Waals surface area contributed by atoms with Crippen LogP contribution in [-0.4, -0.2) is 14.1 Å². The fraction of sp³-hybridized carbons (Fsp3) is 0.562. The van der Waals surface area contributed by atoms with Crippen molar-refractivity contribution >= 4 is 0 Å². The van der Waals surface area contributed by atoms with Gasteiger partial charge in [-0.2, -0.15) is 0 Å². The zero-order valence-corrected chi connectivity index (χ0v) is 12.3. The van der Waals surface area contributed by atoms with Gasteiger partial charge in [0, 0.05) is 31.2 Å². The van der Waals surface area contributed by atoms with E-state index in [1.807, 2.05) is 12.5 Å². The number of rotatable bonds is 4. The minimum absolute atomic E-state index is 0.217. The lowest BCUT2D eigenvalue weighted by atomic mass is 10.1. The van der Waals surface area contributed by atoms with Crippen LogP contribution in [0.25, 0.3) is 0 Å². The molecule has 0 aliphatic heterocycles. The molecule has 0 fully saturated rings. The molecule has 0 spiro atoms. The summed E-state index contributed by atoms with van der Waals surface area (Å²) < 4.78 is 4.52.